The van der Waals surface area contributed by atoms with Crippen molar-refractivity contribution < 1.29 is 9.84 Å². The highest BCUT2D eigenvalue weighted by atomic mass is 32.1. The maximum atomic E-state index is 10.0. The number of thiophene rings is 1. The van der Waals surface area contributed by atoms with E-state index in [1.165, 1.54) is 0 Å². The van der Waals surface area contributed by atoms with Crippen LogP contribution in [0.5, 0.6) is 0 Å². The molecule has 1 heterocycles. The van der Waals surface area contributed by atoms with Gasteiger partial charge in [-0.2, -0.15) is 0 Å². The van der Waals surface area contributed by atoms with Gasteiger partial charge in [-0.3, -0.25) is 0 Å². The Hall–Kier alpha value is -0.420. The highest BCUT2D eigenvalue weighted by Crippen LogP contribution is 2.22. The van der Waals surface area contributed by atoms with E-state index in [1.807, 2.05) is 24.4 Å². The summed E-state index contributed by atoms with van der Waals surface area (Å²) in [5.41, 5.74) is 0. The van der Waals surface area contributed by atoms with Gasteiger partial charge >= 0.3 is 0 Å². The van der Waals surface area contributed by atoms with E-state index in [2.05, 4.69) is 19.2 Å². The first-order valence-corrected chi connectivity index (χ1v) is 7.06. The molecule has 98 valence electrons. The van der Waals surface area contributed by atoms with Gasteiger partial charge in [0.2, 0.25) is 0 Å². The van der Waals surface area contributed by atoms with Crippen molar-refractivity contribution in [2.24, 2.45) is 0 Å². The molecule has 0 aliphatic heterocycles. The number of ether oxygens (including phenoxy) is 1. The van der Waals surface area contributed by atoms with Crippen molar-refractivity contribution in [2.75, 3.05) is 13.2 Å². The minimum Gasteiger partial charge on any atom is -0.388 e. The van der Waals surface area contributed by atoms with Crippen LogP contribution in [-0.4, -0.2) is 30.4 Å². The molecule has 0 amide bonds. The lowest BCUT2D eigenvalue weighted by molar-refractivity contribution is 0.115. The molecule has 0 bridgehead atoms. The quantitative estimate of drug-likeness (QED) is 0.752. The fraction of sp³-hybridized carbons (Fsp3) is 0.692. The third-order valence-corrected chi connectivity index (χ3v) is 3.56. The Bertz CT molecular complexity index is 290. The first-order valence-electron chi connectivity index (χ1n) is 6.18. The summed E-state index contributed by atoms with van der Waals surface area (Å²) in [5, 5.41) is 15.4. The van der Waals surface area contributed by atoms with Crippen LogP contribution in [0.4, 0.5) is 0 Å². The molecule has 3 nitrogen and oxygen atoms in total. The lowest BCUT2D eigenvalue weighted by Gasteiger charge is -2.21. The van der Waals surface area contributed by atoms with Crippen molar-refractivity contribution in [3.05, 3.63) is 22.4 Å². The molecule has 2 N–H and O–H groups in total. The van der Waals surface area contributed by atoms with Crippen molar-refractivity contribution in [1.29, 1.82) is 0 Å². The number of nitrogens with one attached hydrogen (secondary N) is 1. The average Bonchev–Trinajstić information content (AvgIpc) is 2.79. The van der Waals surface area contributed by atoms with E-state index in [0.29, 0.717) is 6.04 Å². The van der Waals surface area contributed by atoms with Gasteiger partial charge in [-0.25, -0.2) is 0 Å². The summed E-state index contributed by atoms with van der Waals surface area (Å²) in [7, 11) is 0. The molecular weight excluding hydrogens is 234 g/mol. The lowest BCUT2D eigenvalue weighted by Crippen LogP contribution is -2.38. The van der Waals surface area contributed by atoms with E-state index in [9.17, 15) is 5.11 Å². The minimum atomic E-state index is -0.364. The highest BCUT2D eigenvalue weighted by molar-refractivity contribution is 7.10. The molecule has 1 aromatic heterocycles. The zero-order valence-corrected chi connectivity index (χ0v) is 11.7. The van der Waals surface area contributed by atoms with E-state index in [0.717, 1.165) is 24.5 Å². The van der Waals surface area contributed by atoms with Gasteiger partial charge in [0.15, 0.2) is 0 Å². The number of aliphatic hydroxyl groups excluding tert-OH is 1. The summed E-state index contributed by atoms with van der Waals surface area (Å²) in [6, 6.07) is 4.55. The van der Waals surface area contributed by atoms with Gasteiger partial charge in [0.1, 0.15) is 0 Å². The number of hydrogen-bond donors (Lipinski definition) is 2. The van der Waals surface area contributed by atoms with E-state index >= 15 is 0 Å². The second kappa shape index (κ2) is 7.82. The maximum Gasteiger partial charge on any atom is 0.0896 e. The predicted molar refractivity (Wildman–Crippen MR) is 72.4 cm³/mol. The van der Waals surface area contributed by atoms with Crippen molar-refractivity contribution in [1.82, 2.24) is 5.32 Å². The molecule has 3 unspecified atom stereocenters. The minimum absolute atomic E-state index is 0.280. The summed E-state index contributed by atoms with van der Waals surface area (Å²) >= 11 is 1.60. The van der Waals surface area contributed by atoms with Crippen LogP contribution in [0, 0.1) is 0 Å². The topological polar surface area (TPSA) is 41.5 Å². The van der Waals surface area contributed by atoms with E-state index in [1.54, 1.807) is 11.3 Å². The Morgan fingerprint density at radius 3 is 2.76 bits per heavy atom. The van der Waals surface area contributed by atoms with Crippen LogP contribution in [-0.2, 0) is 4.74 Å². The lowest BCUT2D eigenvalue weighted by atomic mass is 10.1. The van der Waals surface area contributed by atoms with Crippen molar-refractivity contribution >= 4 is 11.3 Å². The zero-order chi connectivity index (χ0) is 12.7. The fourth-order valence-corrected chi connectivity index (χ4v) is 2.55. The number of hydrogen-bond acceptors (Lipinski definition) is 4. The first-order chi connectivity index (χ1) is 8.13. The Morgan fingerprint density at radius 2 is 2.18 bits per heavy atom. The normalized spacial score (nSPS) is 16.7. The third kappa shape index (κ3) is 5.64. The van der Waals surface area contributed by atoms with Crippen LogP contribution in [0.1, 0.15) is 38.2 Å². The van der Waals surface area contributed by atoms with E-state index in [4.69, 9.17) is 4.74 Å². The Morgan fingerprint density at radius 1 is 1.41 bits per heavy atom. The van der Waals surface area contributed by atoms with Crippen LogP contribution in [0.15, 0.2) is 17.5 Å². The van der Waals surface area contributed by atoms with Crippen molar-refractivity contribution in [3.63, 3.8) is 0 Å². The van der Waals surface area contributed by atoms with Crippen molar-refractivity contribution in [2.45, 2.75) is 45.4 Å². The molecule has 0 aliphatic rings. The first kappa shape index (κ1) is 14.6. The Kier molecular flexibility index (Phi) is 6.73. The molecule has 3 atom stereocenters. The van der Waals surface area contributed by atoms with Crippen LogP contribution >= 0.6 is 11.3 Å². The van der Waals surface area contributed by atoms with Crippen LogP contribution in [0.25, 0.3) is 0 Å². The SMILES string of the molecule is CCOCC(C)NC(C)CC(O)c1cccs1. The number of aliphatic hydroxyl groups is 1. The molecule has 0 aromatic carbocycles. The second-order valence-corrected chi connectivity index (χ2v) is 5.37. The molecule has 0 aliphatic carbocycles. The van der Waals surface area contributed by atoms with Crippen LogP contribution in [0.3, 0.4) is 0 Å². The summed E-state index contributed by atoms with van der Waals surface area (Å²) in [4.78, 5) is 1.04. The Labute approximate surface area is 108 Å². The molecule has 17 heavy (non-hydrogen) atoms. The maximum absolute atomic E-state index is 10.0. The summed E-state index contributed by atoms with van der Waals surface area (Å²) < 4.78 is 5.35. The molecule has 4 heteroatoms. The monoisotopic (exact) mass is 257 g/mol. The molecule has 0 spiro atoms. The predicted octanol–water partition coefficient (Wildman–Crippen LogP) is 2.57. The van der Waals surface area contributed by atoms with Gasteiger partial charge in [-0.1, -0.05) is 6.07 Å². The second-order valence-electron chi connectivity index (χ2n) is 4.40. The van der Waals surface area contributed by atoms with Gasteiger partial charge in [0.25, 0.3) is 0 Å². The molecular formula is C13H23NO2S. The van der Waals surface area contributed by atoms with Gasteiger partial charge in [0, 0.05) is 23.6 Å². The van der Waals surface area contributed by atoms with Crippen molar-refractivity contribution in [3.8, 4) is 0 Å². The van der Waals surface area contributed by atoms with E-state index in [-0.39, 0.29) is 12.1 Å². The van der Waals surface area contributed by atoms with E-state index < -0.39 is 0 Å². The zero-order valence-electron chi connectivity index (χ0n) is 10.8. The third-order valence-electron chi connectivity index (χ3n) is 2.59. The molecule has 1 aromatic rings. The standard InChI is InChI=1S/C13H23NO2S/c1-4-16-9-11(3)14-10(2)8-12(15)13-6-5-7-17-13/h5-7,10-12,14-15H,4,8-9H2,1-3H3. The average molecular weight is 257 g/mol. The molecule has 0 saturated heterocycles. The highest BCUT2D eigenvalue weighted by Gasteiger charge is 2.14. The smallest absolute Gasteiger partial charge is 0.0896 e. The molecule has 1 rings (SSSR count). The van der Waals surface area contributed by atoms with Gasteiger partial charge in [-0.05, 0) is 38.6 Å². The Balaban J connectivity index is 2.26. The fourth-order valence-electron chi connectivity index (χ4n) is 1.83. The van der Waals surface area contributed by atoms with Gasteiger partial charge < -0.3 is 15.2 Å². The molecule has 0 saturated carbocycles. The number of rotatable bonds is 8. The molecule has 0 radical (unpaired) electrons. The molecule has 0 fully saturated rings. The largest absolute Gasteiger partial charge is 0.388 e. The summed E-state index contributed by atoms with van der Waals surface area (Å²) in [5.74, 6) is 0. The van der Waals surface area contributed by atoms with Crippen LogP contribution < -0.4 is 5.32 Å². The summed E-state index contributed by atoms with van der Waals surface area (Å²) in [6.07, 6.45) is 0.369. The summed E-state index contributed by atoms with van der Waals surface area (Å²) in [6.45, 7) is 7.66. The van der Waals surface area contributed by atoms with Crippen LogP contribution in [0.2, 0.25) is 0 Å². The van der Waals surface area contributed by atoms with Gasteiger partial charge in [0.05, 0.1) is 12.7 Å². The van der Waals surface area contributed by atoms with Gasteiger partial charge in [-0.15, -0.1) is 11.3 Å².